The van der Waals surface area contributed by atoms with Crippen LogP contribution in [0.4, 0.5) is 5.69 Å². The first kappa shape index (κ1) is 18.7. The molecule has 3 rings (SSSR count). The minimum Gasteiger partial charge on any atom is -0.336 e. The number of carbonyl (C=O) groups is 2. The Morgan fingerprint density at radius 1 is 0.923 bits per heavy atom. The Kier molecular flexibility index (Phi) is 6.14. The molecule has 0 atom stereocenters. The normalized spacial score (nSPS) is 14.9. The quantitative estimate of drug-likeness (QED) is 0.868. The van der Waals surface area contributed by atoms with Crippen molar-refractivity contribution in [3.05, 3.63) is 64.1 Å². The average Bonchev–Trinajstić information content (AvgIpc) is 2.61. The average molecular weight is 392 g/mol. The second-order valence-corrected chi connectivity index (χ2v) is 7.01. The van der Waals surface area contributed by atoms with E-state index in [9.17, 15) is 9.59 Å². The second-order valence-electron chi connectivity index (χ2n) is 6.14. The topological polar surface area (TPSA) is 52.7 Å². The Hall–Kier alpha value is -2.08. The third-order valence-corrected chi connectivity index (χ3v) is 4.63. The smallest absolute Gasteiger partial charge is 0.253 e. The molecule has 1 aliphatic heterocycles. The van der Waals surface area contributed by atoms with Crippen LogP contribution in [-0.4, -0.2) is 54.3 Å². The van der Waals surface area contributed by atoms with Crippen molar-refractivity contribution in [1.82, 2.24) is 9.80 Å². The number of nitrogens with zero attached hydrogens (tertiary/aromatic N) is 2. The summed E-state index contributed by atoms with van der Waals surface area (Å²) < 4.78 is 0. The van der Waals surface area contributed by atoms with Crippen molar-refractivity contribution in [2.24, 2.45) is 0 Å². The van der Waals surface area contributed by atoms with Gasteiger partial charge < -0.3 is 10.2 Å². The highest BCUT2D eigenvalue weighted by molar-refractivity contribution is 6.35. The Morgan fingerprint density at radius 2 is 1.54 bits per heavy atom. The van der Waals surface area contributed by atoms with Crippen molar-refractivity contribution >= 4 is 40.7 Å². The molecule has 1 saturated heterocycles. The maximum absolute atomic E-state index is 12.4. The van der Waals surface area contributed by atoms with Gasteiger partial charge in [0, 0.05) is 47.5 Å². The van der Waals surface area contributed by atoms with E-state index in [4.69, 9.17) is 23.2 Å². The number of anilines is 1. The van der Waals surface area contributed by atoms with Gasteiger partial charge in [0.2, 0.25) is 5.91 Å². The van der Waals surface area contributed by atoms with E-state index in [1.54, 1.807) is 18.2 Å². The van der Waals surface area contributed by atoms with Gasteiger partial charge in [-0.1, -0.05) is 41.4 Å². The van der Waals surface area contributed by atoms with Crippen molar-refractivity contribution in [3.63, 3.8) is 0 Å². The van der Waals surface area contributed by atoms with Gasteiger partial charge in [0.25, 0.3) is 5.91 Å². The summed E-state index contributed by atoms with van der Waals surface area (Å²) in [6.07, 6.45) is 0. The number of benzene rings is 2. The molecule has 1 heterocycles. The minimum absolute atomic E-state index is 0.0308. The molecule has 136 valence electrons. The number of hydrogen-bond donors (Lipinski definition) is 1. The van der Waals surface area contributed by atoms with Crippen molar-refractivity contribution in [1.29, 1.82) is 0 Å². The molecule has 26 heavy (non-hydrogen) atoms. The van der Waals surface area contributed by atoms with Gasteiger partial charge in [-0.15, -0.1) is 0 Å². The molecule has 1 fully saturated rings. The number of piperazine rings is 1. The molecule has 5 nitrogen and oxygen atoms in total. The summed E-state index contributed by atoms with van der Waals surface area (Å²) in [6, 6.07) is 14.2. The Labute approximate surface area is 162 Å². The lowest BCUT2D eigenvalue weighted by atomic mass is 10.2. The van der Waals surface area contributed by atoms with E-state index in [2.05, 4.69) is 5.32 Å². The largest absolute Gasteiger partial charge is 0.336 e. The van der Waals surface area contributed by atoms with Crippen LogP contribution in [-0.2, 0) is 4.79 Å². The van der Waals surface area contributed by atoms with Gasteiger partial charge in [-0.2, -0.15) is 0 Å². The number of hydrogen-bond acceptors (Lipinski definition) is 3. The van der Waals surface area contributed by atoms with Gasteiger partial charge >= 0.3 is 0 Å². The van der Waals surface area contributed by atoms with Crippen LogP contribution < -0.4 is 5.32 Å². The first-order chi connectivity index (χ1) is 12.5. The van der Waals surface area contributed by atoms with E-state index >= 15 is 0 Å². The molecular weight excluding hydrogens is 373 g/mol. The highest BCUT2D eigenvalue weighted by Gasteiger charge is 2.23. The summed E-state index contributed by atoms with van der Waals surface area (Å²) in [4.78, 5) is 28.5. The number of nitrogens with one attached hydrogen (secondary N) is 1. The predicted molar refractivity (Wildman–Crippen MR) is 104 cm³/mol. The lowest BCUT2D eigenvalue weighted by molar-refractivity contribution is -0.117. The molecule has 0 aliphatic carbocycles. The van der Waals surface area contributed by atoms with Crippen LogP contribution in [0, 0.1) is 0 Å². The fourth-order valence-corrected chi connectivity index (χ4v) is 3.43. The van der Waals surface area contributed by atoms with E-state index in [1.165, 1.54) is 0 Å². The van der Waals surface area contributed by atoms with E-state index in [-0.39, 0.29) is 18.4 Å². The van der Waals surface area contributed by atoms with Gasteiger partial charge in [0.05, 0.1) is 6.54 Å². The SMILES string of the molecule is O=C(CN1CCN(C(=O)c2ccccc2)CC1)Nc1cc(Cl)cc(Cl)c1. The first-order valence-corrected chi connectivity index (χ1v) is 9.09. The number of amides is 2. The third-order valence-electron chi connectivity index (χ3n) is 4.19. The molecule has 0 spiro atoms. The van der Waals surface area contributed by atoms with Crippen molar-refractivity contribution in [2.45, 2.75) is 0 Å². The predicted octanol–water partition coefficient (Wildman–Crippen LogP) is 3.39. The van der Waals surface area contributed by atoms with Gasteiger partial charge in [-0.3, -0.25) is 14.5 Å². The Bertz CT molecular complexity index is 770. The zero-order valence-electron chi connectivity index (χ0n) is 14.1. The van der Waals surface area contributed by atoms with Crippen LogP contribution >= 0.6 is 23.2 Å². The molecule has 2 aromatic carbocycles. The van der Waals surface area contributed by atoms with Gasteiger partial charge in [0.15, 0.2) is 0 Å². The van der Waals surface area contributed by atoms with Crippen LogP contribution in [0.1, 0.15) is 10.4 Å². The molecule has 0 bridgehead atoms. The van der Waals surface area contributed by atoms with E-state index in [1.807, 2.05) is 40.1 Å². The number of halogens is 2. The minimum atomic E-state index is -0.133. The van der Waals surface area contributed by atoms with E-state index in [0.29, 0.717) is 47.5 Å². The van der Waals surface area contributed by atoms with Crippen molar-refractivity contribution in [2.75, 3.05) is 38.0 Å². The summed E-state index contributed by atoms with van der Waals surface area (Å²) >= 11 is 11.9. The molecule has 0 radical (unpaired) electrons. The highest BCUT2D eigenvalue weighted by Crippen LogP contribution is 2.22. The summed E-state index contributed by atoms with van der Waals surface area (Å²) in [6.45, 7) is 2.77. The van der Waals surface area contributed by atoms with Crippen molar-refractivity contribution < 1.29 is 9.59 Å². The summed E-state index contributed by atoms with van der Waals surface area (Å²) in [7, 11) is 0. The highest BCUT2D eigenvalue weighted by atomic mass is 35.5. The monoisotopic (exact) mass is 391 g/mol. The van der Waals surface area contributed by atoms with E-state index < -0.39 is 0 Å². The molecular formula is C19H19Cl2N3O2. The lowest BCUT2D eigenvalue weighted by Crippen LogP contribution is -2.50. The third kappa shape index (κ3) is 4.97. The van der Waals surface area contributed by atoms with Gasteiger partial charge in [0.1, 0.15) is 0 Å². The van der Waals surface area contributed by atoms with Gasteiger partial charge in [-0.05, 0) is 30.3 Å². The fourth-order valence-electron chi connectivity index (χ4n) is 2.90. The molecule has 0 aromatic heterocycles. The molecule has 2 amide bonds. The van der Waals surface area contributed by atoms with Crippen LogP contribution in [0.15, 0.2) is 48.5 Å². The standard InChI is InChI=1S/C19H19Cl2N3O2/c20-15-10-16(21)12-17(11-15)22-18(25)13-23-6-8-24(9-7-23)19(26)14-4-2-1-3-5-14/h1-5,10-12H,6-9,13H2,(H,22,25). The summed E-state index contributed by atoms with van der Waals surface area (Å²) in [5.41, 5.74) is 1.27. The molecule has 1 N–H and O–H groups in total. The maximum Gasteiger partial charge on any atom is 0.253 e. The molecule has 1 aliphatic rings. The first-order valence-electron chi connectivity index (χ1n) is 8.34. The van der Waals surface area contributed by atoms with E-state index in [0.717, 1.165) is 0 Å². The molecule has 7 heteroatoms. The molecule has 2 aromatic rings. The Morgan fingerprint density at radius 3 is 2.15 bits per heavy atom. The lowest BCUT2D eigenvalue weighted by Gasteiger charge is -2.34. The fraction of sp³-hybridized carbons (Fsp3) is 0.263. The Balaban J connectivity index is 1.49. The van der Waals surface area contributed by atoms with Crippen LogP contribution in [0.25, 0.3) is 0 Å². The van der Waals surface area contributed by atoms with Crippen LogP contribution in [0.5, 0.6) is 0 Å². The van der Waals surface area contributed by atoms with Crippen molar-refractivity contribution in [3.8, 4) is 0 Å². The van der Waals surface area contributed by atoms with Crippen LogP contribution in [0.2, 0.25) is 10.0 Å². The number of carbonyl (C=O) groups excluding carboxylic acids is 2. The number of rotatable bonds is 4. The second kappa shape index (κ2) is 8.54. The summed E-state index contributed by atoms with van der Waals surface area (Å²) in [5.74, 6) is -0.102. The molecule has 0 saturated carbocycles. The zero-order valence-corrected chi connectivity index (χ0v) is 15.6. The van der Waals surface area contributed by atoms with Gasteiger partial charge in [-0.25, -0.2) is 0 Å². The van der Waals surface area contributed by atoms with Crippen LogP contribution in [0.3, 0.4) is 0 Å². The summed E-state index contributed by atoms with van der Waals surface area (Å²) in [5, 5.41) is 3.75. The maximum atomic E-state index is 12.4. The zero-order chi connectivity index (χ0) is 18.5. The molecule has 0 unspecified atom stereocenters.